The lowest BCUT2D eigenvalue weighted by Crippen LogP contribution is -2.34. The molecule has 0 aromatic heterocycles. The molecule has 2 heteroatoms. The molecular weight excluding hydrogens is 152 g/mol. The summed E-state index contributed by atoms with van der Waals surface area (Å²) in [5.41, 5.74) is 0. The van der Waals surface area contributed by atoms with Gasteiger partial charge in [0.15, 0.2) is 0 Å². The number of hydrogen-bond acceptors (Lipinski definition) is 2. The normalized spacial score (nSPS) is 34.5. The summed E-state index contributed by atoms with van der Waals surface area (Å²) in [5.74, 6) is 0.717. The summed E-state index contributed by atoms with van der Waals surface area (Å²) >= 11 is 0. The van der Waals surface area contributed by atoms with Crippen LogP contribution in [-0.2, 0) is 9.53 Å². The molecule has 0 N–H and O–H groups in total. The van der Waals surface area contributed by atoms with Crippen molar-refractivity contribution in [3.63, 3.8) is 0 Å². The lowest BCUT2D eigenvalue weighted by molar-refractivity contribution is -0.160. The predicted octanol–water partition coefficient (Wildman–Crippen LogP) is 2.52. The standard InChI is InChI=1S/C9H14O2.CH4/c10-9-6-5-7-3-1-2-4-8(7)11-9;/h7-8H,1-6H2;1H4. The van der Waals surface area contributed by atoms with Crippen LogP contribution < -0.4 is 0 Å². The molecule has 0 radical (unpaired) electrons. The van der Waals surface area contributed by atoms with E-state index in [1.165, 1.54) is 19.3 Å². The van der Waals surface area contributed by atoms with Gasteiger partial charge in [-0.05, 0) is 31.6 Å². The Morgan fingerprint density at radius 3 is 2.75 bits per heavy atom. The van der Waals surface area contributed by atoms with Crippen LogP contribution in [-0.4, -0.2) is 12.1 Å². The Kier molecular flexibility index (Phi) is 3.12. The highest BCUT2D eigenvalue weighted by Crippen LogP contribution is 2.33. The van der Waals surface area contributed by atoms with Crippen molar-refractivity contribution < 1.29 is 9.53 Å². The largest absolute Gasteiger partial charge is 0.462 e. The van der Waals surface area contributed by atoms with E-state index in [2.05, 4.69) is 0 Å². The van der Waals surface area contributed by atoms with E-state index in [0.29, 0.717) is 12.3 Å². The van der Waals surface area contributed by atoms with Crippen molar-refractivity contribution in [3.05, 3.63) is 0 Å². The van der Waals surface area contributed by atoms with Crippen LogP contribution in [0.4, 0.5) is 0 Å². The zero-order valence-electron chi connectivity index (χ0n) is 6.71. The highest BCUT2D eigenvalue weighted by molar-refractivity contribution is 5.70. The molecule has 2 nitrogen and oxygen atoms in total. The minimum absolute atomic E-state index is 0. The zero-order valence-corrected chi connectivity index (χ0v) is 6.71. The maximum Gasteiger partial charge on any atom is 0.306 e. The number of fused-ring (bicyclic) bond motifs is 1. The number of carbonyl (C=O) groups is 1. The van der Waals surface area contributed by atoms with E-state index >= 15 is 0 Å². The number of esters is 1. The molecule has 2 rings (SSSR count). The van der Waals surface area contributed by atoms with Crippen LogP contribution in [0.3, 0.4) is 0 Å². The number of ether oxygens (including phenoxy) is 1. The second-order valence-electron chi connectivity index (χ2n) is 3.61. The molecule has 1 heterocycles. The molecule has 0 aromatic rings. The van der Waals surface area contributed by atoms with E-state index in [9.17, 15) is 4.79 Å². The van der Waals surface area contributed by atoms with Gasteiger partial charge >= 0.3 is 5.97 Å². The van der Waals surface area contributed by atoms with Crippen LogP contribution in [0.2, 0.25) is 0 Å². The minimum Gasteiger partial charge on any atom is -0.462 e. The summed E-state index contributed by atoms with van der Waals surface area (Å²) in [6, 6.07) is 0. The van der Waals surface area contributed by atoms with Crippen LogP contribution in [0, 0.1) is 5.92 Å². The van der Waals surface area contributed by atoms with Crippen molar-refractivity contribution in [1.82, 2.24) is 0 Å². The third kappa shape index (κ3) is 1.79. The Labute approximate surface area is 74.3 Å². The second-order valence-corrected chi connectivity index (χ2v) is 3.61. The lowest BCUT2D eigenvalue weighted by atomic mass is 9.82. The van der Waals surface area contributed by atoms with Gasteiger partial charge in [0, 0.05) is 6.42 Å². The van der Waals surface area contributed by atoms with Crippen LogP contribution in [0.5, 0.6) is 0 Å². The first-order valence-electron chi connectivity index (χ1n) is 4.56. The predicted molar refractivity (Wildman–Crippen MR) is 47.8 cm³/mol. The fourth-order valence-corrected chi connectivity index (χ4v) is 2.19. The van der Waals surface area contributed by atoms with Gasteiger partial charge in [-0.3, -0.25) is 4.79 Å². The topological polar surface area (TPSA) is 26.3 Å². The highest BCUT2D eigenvalue weighted by atomic mass is 16.5. The van der Waals surface area contributed by atoms with Crippen molar-refractivity contribution in [1.29, 1.82) is 0 Å². The van der Waals surface area contributed by atoms with Crippen molar-refractivity contribution in [3.8, 4) is 0 Å². The van der Waals surface area contributed by atoms with Crippen LogP contribution in [0.1, 0.15) is 46.0 Å². The molecule has 0 amide bonds. The minimum atomic E-state index is 0. The molecule has 1 saturated carbocycles. The molecule has 2 atom stereocenters. The van der Waals surface area contributed by atoms with Gasteiger partial charge in [-0.1, -0.05) is 13.8 Å². The average molecular weight is 170 g/mol. The lowest BCUT2D eigenvalue weighted by Gasteiger charge is -2.34. The summed E-state index contributed by atoms with van der Waals surface area (Å²) in [6.45, 7) is 0. The number of hydrogen-bond donors (Lipinski definition) is 0. The molecule has 1 aliphatic heterocycles. The number of carbonyl (C=O) groups excluding carboxylic acids is 1. The first kappa shape index (κ1) is 9.56. The first-order valence-corrected chi connectivity index (χ1v) is 4.56. The van der Waals surface area contributed by atoms with E-state index in [1.807, 2.05) is 0 Å². The van der Waals surface area contributed by atoms with Gasteiger partial charge in [-0.15, -0.1) is 0 Å². The van der Waals surface area contributed by atoms with Gasteiger partial charge in [-0.2, -0.15) is 0 Å². The molecule has 12 heavy (non-hydrogen) atoms. The van der Waals surface area contributed by atoms with Crippen molar-refractivity contribution >= 4 is 5.97 Å². The summed E-state index contributed by atoms with van der Waals surface area (Å²) in [5, 5.41) is 0. The van der Waals surface area contributed by atoms with Gasteiger partial charge in [0.1, 0.15) is 6.10 Å². The molecular formula is C10H18O2. The molecule has 2 aliphatic rings. The van der Waals surface area contributed by atoms with Crippen molar-refractivity contribution in [2.24, 2.45) is 5.92 Å². The van der Waals surface area contributed by atoms with E-state index in [4.69, 9.17) is 4.74 Å². The SMILES string of the molecule is C.O=C1CCC2CCCCC2O1. The molecule has 0 aromatic carbocycles. The smallest absolute Gasteiger partial charge is 0.306 e. The molecule has 2 fully saturated rings. The molecule has 2 unspecified atom stereocenters. The summed E-state index contributed by atoms with van der Waals surface area (Å²) in [6.07, 6.45) is 6.97. The monoisotopic (exact) mass is 170 g/mol. The summed E-state index contributed by atoms with van der Waals surface area (Å²) in [7, 11) is 0. The van der Waals surface area contributed by atoms with Crippen molar-refractivity contribution in [2.75, 3.05) is 0 Å². The Morgan fingerprint density at radius 1 is 1.17 bits per heavy atom. The fraction of sp³-hybridized carbons (Fsp3) is 0.900. The van der Waals surface area contributed by atoms with Crippen LogP contribution in [0.15, 0.2) is 0 Å². The Bertz CT molecular complexity index is 165. The van der Waals surface area contributed by atoms with Gasteiger partial charge < -0.3 is 4.74 Å². The average Bonchev–Trinajstić information content (AvgIpc) is 2.04. The Balaban J connectivity index is 0.000000720. The summed E-state index contributed by atoms with van der Waals surface area (Å²) in [4.78, 5) is 10.9. The third-order valence-corrected chi connectivity index (χ3v) is 2.84. The quantitative estimate of drug-likeness (QED) is 0.522. The van der Waals surface area contributed by atoms with E-state index < -0.39 is 0 Å². The van der Waals surface area contributed by atoms with Gasteiger partial charge in [-0.25, -0.2) is 0 Å². The summed E-state index contributed by atoms with van der Waals surface area (Å²) < 4.78 is 5.25. The van der Waals surface area contributed by atoms with Crippen LogP contribution >= 0.6 is 0 Å². The fourth-order valence-electron chi connectivity index (χ4n) is 2.19. The van der Waals surface area contributed by atoms with Gasteiger partial charge in [0.05, 0.1) is 0 Å². The zero-order chi connectivity index (χ0) is 7.68. The van der Waals surface area contributed by atoms with E-state index in [-0.39, 0.29) is 19.5 Å². The van der Waals surface area contributed by atoms with Gasteiger partial charge in [0.2, 0.25) is 0 Å². The third-order valence-electron chi connectivity index (χ3n) is 2.84. The second kappa shape index (κ2) is 3.92. The van der Waals surface area contributed by atoms with Crippen LogP contribution in [0.25, 0.3) is 0 Å². The number of rotatable bonds is 0. The Morgan fingerprint density at radius 2 is 1.92 bits per heavy atom. The van der Waals surface area contributed by atoms with Gasteiger partial charge in [0.25, 0.3) is 0 Å². The maximum absolute atomic E-state index is 10.9. The molecule has 70 valence electrons. The Hall–Kier alpha value is -0.530. The molecule has 0 bridgehead atoms. The first-order chi connectivity index (χ1) is 5.36. The molecule has 1 saturated heterocycles. The van der Waals surface area contributed by atoms with E-state index in [0.717, 1.165) is 12.8 Å². The molecule has 0 spiro atoms. The van der Waals surface area contributed by atoms with E-state index in [1.54, 1.807) is 0 Å². The maximum atomic E-state index is 10.9. The van der Waals surface area contributed by atoms with Crippen molar-refractivity contribution in [2.45, 2.75) is 52.1 Å². The molecule has 1 aliphatic carbocycles. The highest BCUT2D eigenvalue weighted by Gasteiger charge is 2.32.